The van der Waals surface area contributed by atoms with E-state index >= 15 is 0 Å². The van der Waals surface area contributed by atoms with E-state index in [1.54, 1.807) is 11.8 Å². The van der Waals surface area contributed by atoms with Crippen molar-refractivity contribution in [2.45, 2.75) is 4.90 Å². The smallest absolute Gasteiger partial charge is 0.0625 e. The first-order valence-electron chi connectivity index (χ1n) is 4.15. The molecule has 0 amide bonds. The van der Waals surface area contributed by atoms with Gasteiger partial charge in [0.1, 0.15) is 0 Å². The lowest BCUT2D eigenvalue weighted by Crippen LogP contribution is -2.10. The van der Waals surface area contributed by atoms with Gasteiger partial charge in [-0.15, -0.1) is 11.8 Å². The van der Waals surface area contributed by atoms with Gasteiger partial charge in [0, 0.05) is 30.4 Å². The quantitative estimate of drug-likeness (QED) is 0.570. The molecular weight excluding hydrogens is 182 g/mol. The van der Waals surface area contributed by atoms with E-state index in [1.165, 1.54) is 10.5 Å². The second kappa shape index (κ2) is 5.09. The Morgan fingerprint density at radius 2 is 2.54 bits per heavy atom. The number of thioether (sulfide) groups is 1. The fraction of sp³-hybridized carbons (Fsp3) is 0.444. The summed E-state index contributed by atoms with van der Waals surface area (Å²) < 4.78 is 1.81. The molecule has 0 atom stereocenters. The highest BCUT2D eigenvalue weighted by atomic mass is 32.2. The molecule has 3 nitrogen and oxygen atoms in total. The highest BCUT2D eigenvalue weighted by molar-refractivity contribution is 7.99. The topological polar surface area (TPSA) is 29.9 Å². The number of hydrogen-bond acceptors (Lipinski definition) is 3. The number of aryl methyl sites for hydroxylation is 1. The summed E-state index contributed by atoms with van der Waals surface area (Å²) in [6.45, 7) is 4.84. The van der Waals surface area contributed by atoms with Crippen LogP contribution >= 0.6 is 11.8 Å². The van der Waals surface area contributed by atoms with Crippen molar-refractivity contribution in [3.8, 4) is 0 Å². The first-order chi connectivity index (χ1) is 6.22. The highest BCUT2D eigenvalue weighted by Gasteiger charge is 1.98. The molecular formula is C9H15N3S. The molecule has 1 aromatic heterocycles. The van der Waals surface area contributed by atoms with Crippen molar-refractivity contribution in [3.63, 3.8) is 0 Å². The van der Waals surface area contributed by atoms with E-state index in [4.69, 9.17) is 0 Å². The second-order valence-corrected chi connectivity index (χ2v) is 3.97. The molecule has 0 saturated heterocycles. The van der Waals surface area contributed by atoms with E-state index in [0.717, 1.165) is 12.3 Å². The molecule has 0 spiro atoms. The molecule has 1 N–H and O–H groups in total. The Balaban J connectivity index is 2.30. The minimum Gasteiger partial charge on any atom is -0.316 e. The maximum atomic E-state index is 4.09. The van der Waals surface area contributed by atoms with Crippen molar-refractivity contribution >= 4 is 11.8 Å². The molecule has 0 unspecified atom stereocenters. The van der Waals surface area contributed by atoms with Crippen LogP contribution in [0.4, 0.5) is 0 Å². The average Bonchev–Trinajstić information content (AvgIpc) is 2.49. The van der Waals surface area contributed by atoms with E-state index in [9.17, 15) is 0 Å². The lowest BCUT2D eigenvalue weighted by molar-refractivity contribution is 0.766. The number of nitrogens with one attached hydrogen (secondary N) is 1. The number of aromatic nitrogens is 2. The first-order valence-corrected chi connectivity index (χ1v) is 5.13. The molecule has 0 aliphatic carbocycles. The van der Waals surface area contributed by atoms with Crippen LogP contribution in [0.1, 0.15) is 0 Å². The van der Waals surface area contributed by atoms with Crippen molar-refractivity contribution in [2.24, 2.45) is 7.05 Å². The molecule has 0 aliphatic rings. The van der Waals surface area contributed by atoms with Gasteiger partial charge in [0.15, 0.2) is 0 Å². The van der Waals surface area contributed by atoms with Crippen molar-refractivity contribution in [1.82, 2.24) is 15.1 Å². The van der Waals surface area contributed by atoms with Gasteiger partial charge in [0.05, 0.1) is 6.20 Å². The number of rotatable bonds is 5. The summed E-state index contributed by atoms with van der Waals surface area (Å²) in [4.78, 5) is 1.19. The third-order valence-electron chi connectivity index (χ3n) is 1.55. The Morgan fingerprint density at radius 1 is 1.77 bits per heavy atom. The Morgan fingerprint density at radius 3 is 3.08 bits per heavy atom. The Bertz CT molecular complexity index is 280. The third-order valence-corrected chi connectivity index (χ3v) is 2.65. The van der Waals surface area contributed by atoms with Crippen molar-refractivity contribution in [1.29, 1.82) is 0 Å². The Kier molecular flexibility index (Phi) is 4.05. The van der Waals surface area contributed by atoms with Crippen LogP contribution in [0.2, 0.25) is 0 Å². The van der Waals surface area contributed by atoms with Gasteiger partial charge in [-0.2, -0.15) is 5.10 Å². The van der Waals surface area contributed by atoms with Crippen LogP contribution in [0.25, 0.3) is 0 Å². The van der Waals surface area contributed by atoms with Crippen molar-refractivity contribution in [3.05, 3.63) is 24.5 Å². The van der Waals surface area contributed by atoms with Crippen LogP contribution in [-0.2, 0) is 7.05 Å². The summed E-state index contributed by atoms with van der Waals surface area (Å²) in [5.74, 6) is 0.951. The minimum absolute atomic E-state index is 0.882. The maximum Gasteiger partial charge on any atom is 0.0625 e. The monoisotopic (exact) mass is 197 g/mol. The Labute approximate surface area is 83.2 Å². The fourth-order valence-corrected chi connectivity index (χ4v) is 1.78. The number of hydrogen-bond donors (Lipinski definition) is 1. The first kappa shape index (κ1) is 10.3. The lowest BCUT2D eigenvalue weighted by Gasteiger charge is -2.02. The number of likely N-dealkylation sites (N-methyl/N-ethyl adjacent to an activating group) is 1. The second-order valence-electron chi connectivity index (χ2n) is 2.92. The van der Waals surface area contributed by atoms with Gasteiger partial charge in [-0.1, -0.05) is 12.2 Å². The van der Waals surface area contributed by atoms with Crippen LogP contribution in [0.15, 0.2) is 29.4 Å². The molecule has 72 valence electrons. The minimum atomic E-state index is 0.882. The molecule has 4 heteroatoms. The van der Waals surface area contributed by atoms with Gasteiger partial charge in [0.25, 0.3) is 0 Å². The molecule has 0 fully saturated rings. The highest BCUT2D eigenvalue weighted by Crippen LogP contribution is 2.18. The average molecular weight is 197 g/mol. The van der Waals surface area contributed by atoms with Crippen LogP contribution in [0.5, 0.6) is 0 Å². The molecule has 1 heterocycles. The van der Waals surface area contributed by atoms with Crippen LogP contribution < -0.4 is 5.32 Å². The normalized spacial score (nSPS) is 10.3. The van der Waals surface area contributed by atoms with E-state index in [-0.39, 0.29) is 0 Å². The molecule has 0 aliphatic heterocycles. The van der Waals surface area contributed by atoms with Gasteiger partial charge >= 0.3 is 0 Å². The van der Waals surface area contributed by atoms with Gasteiger partial charge in [0.2, 0.25) is 0 Å². The summed E-state index contributed by atoms with van der Waals surface area (Å²) >= 11 is 1.77. The Hall–Kier alpha value is -0.740. The predicted molar refractivity (Wildman–Crippen MR) is 57.0 cm³/mol. The van der Waals surface area contributed by atoms with Crippen molar-refractivity contribution in [2.75, 3.05) is 19.3 Å². The largest absolute Gasteiger partial charge is 0.316 e. The summed E-state index contributed by atoms with van der Waals surface area (Å²) in [5.41, 5.74) is 1.20. The number of nitrogens with zero attached hydrogens (tertiary/aromatic N) is 2. The molecule has 13 heavy (non-hydrogen) atoms. The standard InChI is InChI=1S/C9H15N3S/c1-8(4-10-2)7-13-9-5-11-12(3)6-9/h5-6,10H,1,4,7H2,2-3H3. The maximum absolute atomic E-state index is 4.09. The molecule has 0 bridgehead atoms. The van der Waals surface area contributed by atoms with Gasteiger partial charge in [-0.05, 0) is 7.05 Å². The predicted octanol–water partition coefficient (Wildman–Crippen LogP) is 1.29. The van der Waals surface area contributed by atoms with E-state index in [1.807, 2.05) is 31.2 Å². The molecule has 0 saturated carbocycles. The molecule has 0 radical (unpaired) electrons. The van der Waals surface area contributed by atoms with Crippen LogP contribution in [0, 0.1) is 0 Å². The van der Waals surface area contributed by atoms with Crippen LogP contribution in [0.3, 0.4) is 0 Å². The van der Waals surface area contributed by atoms with Crippen LogP contribution in [-0.4, -0.2) is 29.1 Å². The third kappa shape index (κ3) is 3.65. The van der Waals surface area contributed by atoms with Gasteiger partial charge < -0.3 is 5.32 Å². The summed E-state index contributed by atoms with van der Waals surface area (Å²) in [7, 11) is 3.85. The SMILES string of the molecule is C=C(CNC)CSc1cnn(C)c1. The summed E-state index contributed by atoms with van der Waals surface area (Å²) in [5, 5.41) is 7.17. The lowest BCUT2D eigenvalue weighted by atomic mass is 10.3. The molecule has 1 aromatic rings. The van der Waals surface area contributed by atoms with E-state index in [0.29, 0.717) is 0 Å². The summed E-state index contributed by atoms with van der Waals surface area (Å²) in [6.07, 6.45) is 3.88. The zero-order valence-electron chi connectivity index (χ0n) is 8.08. The fourth-order valence-electron chi connectivity index (χ4n) is 0.960. The molecule has 0 aromatic carbocycles. The molecule has 1 rings (SSSR count). The zero-order valence-corrected chi connectivity index (χ0v) is 8.90. The van der Waals surface area contributed by atoms with Gasteiger partial charge in [-0.25, -0.2) is 0 Å². The van der Waals surface area contributed by atoms with Crippen molar-refractivity contribution < 1.29 is 0 Å². The summed E-state index contributed by atoms with van der Waals surface area (Å²) in [6, 6.07) is 0. The zero-order chi connectivity index (χ0) is 9.68. The van der Waals surface area contributed by atoms with E-state index in [2.05, 4.69) is 17.0 Å². The van der Waals surface area contributed by atoms with Gasteiger partial charge in [-0.3, -0.25) is 4.68 Å². The van der Waals surface area contributed by atoms with E-state index < -0.39 is 0 Å².